The molecule has 0 aromatic carbocycles. The topological polar surface area (TPSA) is 84.2 Å². The van der Waals surface area contributed by atoms with E-state index >= 15 is 0 Å². The molecule has 1 unspecified atom stereocenters. The van der Waals surface area contributed by atoms with Gasteiger partial charge in [-0.2, -0.15) is 0 Å². The molecule has 2 aromatic heterocycles. The van der Waals surface area contributed by atoms with Gasteiger partial charge in [0.1, 0.15) is 0 Å². The van der Waals surface area contributed by atoms with Crippen molar-refractivity contribution in [1.29, 1.82) is 0 Å². The van der Waals surface area contributed by atoms with Crippen molar-refractivity contribution in [2.24, 2.45) is 5.92 Å². The molecule has 0 bridgehead atoms. The van der Waals surface area contributed by atoms with Crippen LogP contribution in [0.3, 0.4) is 0 Å². The Morgan fingerprint density at radius 3 is 3.00 bits per heavy atom. The number of carbonyl (C=O) groups is 2. The maximum atomic E-state index is 11.9. The molecule has 22 heavy (non-hydrogen) atoms. The first-order valence-corrected chi connectivity index (χ1v) is 8.08. The lowest BCUT2D eigenvalue weighted by molar-refractivity contribution is -0.121. The molecule has 0 radical (unpaired) electrons. The number of nitrogens with one attached hydrogen (secondary N) is 2. The van der Waals surface area contributed by atoms with Crippen molar-refractivity contribution < 1.29 is 14.0 Å². The van der Waals surface area contributed by atoms with Crippen molar-refractivity contribution in [3.8, 4) is 0 Å². The molecular formula is C15H17N3O3S. The third kappa shape index (κ3) is 3.73. The van der Waals surface area contributed by atoms with Crippen molar-refractivity contribution >= 4 is 28.3 Å². The van der Waals surface area contributed by atoms with Crippen molar-refractivity contribution in [2.75, 3.05) is 5.32 Å². The minimum Gasteiger partial charge on any atom is -0.459 e. The number of furan rings is 1. The van der Waals surface area contributed by atoms with Crippen molar-refractivity contribution in [3.05, 3.63) is 35.2 Å². The van der Waals surface area contributed by atoms with E-state index in [-0.39, 0.29) is 30.0 Å². The van der Waals surface area contributed by atoms with E-state index in [9.17, 15) is 9.59 Å². The maximum absolute atomic E-state index is 11.9. The predicted octanol–water partition coefficient (Wildman–Crippen LogP) is 2.45. The normalized spacial score (nSPS) is 15.3. The fourth-order valence-electron chi connectivity index (χ4n) is 2.20. The first kappa shape index (κ1) is 14.8. The van der Waals surface area contributed by atoms with Crippen LogP contribution in [0.4, 0.5) is 5.13 Å². The van der Waals surface area contributed by atoms with Gasteiger partial charge in [-0.05, 0) is 37.8 Å². The molecule has 2 heterocycles. The van der Waals surface area contributed by atoms with E-state index in [4.69, 9.17) is 4.42 Å². The second kappa shape index (κ2) is 6.31. The van der Waals surface area contributed by atoms with Gasteiger partial charge >= 0.3 is 0 Å². The van der Waals surface area contributed by atoms with Crippen LogP contribution in [-0.2, 0) is 11.2 Å². The predicted molar refractivity (Wildman–Crippen MR) is 82.8 cm³/mol. The number of rotatable bonds is 6. The molecule has 1 atom stereocenters. The van der Waals surface area contributed by atoms with Gasteiger partial charge in [-0.3, -0.25) is 14.9 Å². The lowest BCUT2D eigenvalue weighted by Gasteiger charge is -2.11. The van der Waals surface area contributed by atoms with E-state index in [2.05, 4.69) is 15.6 Å². The summed E-state index contributed by atoms with van der Waals surface area (Å²) in [5, 5.41) is 7.87. The lowest BCUT2D eigenvalue weighted by atomic mass is 10.2. The van der Waals surface area contributed by atoms with Crippen LogP contribution in [0.25, 0.3) is 0 Å². The Morgan fingerprint density at radius 2 is 2.32 bits per heavy atom. The molecule has 7 heteroatoms. The van der Waals surface area contributed by atoms with Crippen LogP contribution >= 0.6 is 11.3 Å². The highest BCUT2D eigenvalue weighted by molar-refractivity contribution is 7.14. The van der Waals surface area contributed by atoms with E-state index in [0.29, 0.717) is 16.7 Å². The fraction of sp³-hybridized carbons (Fsp3) is 0.400. The first-order valence-electron chi connectivity index (χ1n) is 7.20. The summed E-state index contributed by atoms with van der Waals surface area (Å²) >= 11 is 1.29. The molecule has 1 aliphatic rings. The van der Waals surface area contributed by atoms with Crippen molar-refractivity contribution in [2.45, 2.75) is 32.2 Å². The number of hydrogen-bond donors (Lipinski definition) is 2. The van der Waals surface area contributed by atoms with E-state index in [1.54, 1.807) is 17.5 Å². The van der Waals surface area contributed by atoms with Crippen LogP contribution in [0.15, 0.2) is 28.2 Å². The average Bonchev–Trinajstić information content (AvgIpc) is 3.01. The molecular weight excluding hydrogens is 302 g/mol. The monoisotopic (exact) mass is 319 g/mol. The van der Waals surface area contributed by atoms with Gasteiger partial charge in [-0.25, -0.2) is 4.98 Å². The van der Waals surface area contributed by atoms with Crippen molar-refractivity contribution in [1.82, 2.24) is 10.3 Å². The number of carbonyl (C=O) groups excluding carboxylic acids is 2. The summed E-state index contributed by atoms with van der Waals surface area (Å²) in [6.45, 7) is 2.03. The quantitative estimate of drug-likeness (QED) is 0.856. The summed E-state index contributed by atoms with van der Waals surface area (Å²) in [4.78, 5) is 28.0. The molecule has 0 saturated heterocycles. The smallest absolute Gasteiger partial charge is 0.293 e. The summed E-state index contributed by atoms with van der Waals surface area (Å²) in [5.41, 5.74) is 0.653. The molecule has 1 aliphatic carbocycles. The third-order valence-corrected chi connectivity index (χ3v) is 4.38. The maximum Gasteiger partial charge on any atom is 0.293 e. The Morgan fingerprint density at radius 1 is 1.50 bits per heavy atom. The Kier molecular flexibility index (Phi) is 4.24. The highest BCUT2D eigenvalue weighted by atomic mass is 32.1. The summed E-state index contributed by atoms with van der Waals surface area (Å²) in [7, 11) is 0. The zero-order chi connectivity index (χ0) is 15.5. The molecule has 2 N–H and O–H groups in total. The van der Waals surface area contributed by atoms with E-state index in [1.807, 2.05) is 6.92 Å². The van der Waals surface area contributed by atoms with Gasteiger partial charge in [-0.1, -0.05) is 0 Å². The number of thiazole rings is 1. The van der Waals surface area contributed by atoms with E-state index < -0.39 is 0 Å². The molecule has 0 spiro atoms. The molecule has 3 rings (SSSR count). The first-order chi connectivity index (χ1) is 10.6. The van der Waals surface area contributed by atoms with Gasteiger partial charge in [0.05, 0.1) is 18.4 Å². The zero-order valence-corrected chi connectivity index (χ0v) is 13.0. The number of aromatic nitrogens is 1. The summed E-state index contributed by atoms with van der Waals surface area (Å²) < 4.78 is 5.01. The minimum absolute atomic E-state index is 0.0337. The Bertz CT molecular complexity index is 661. The van der Waals surface area contributed by atoms with E-state index in [1.165, 1.54) is 30.4 Å². The molecule has 116 valence electrons. The van der Waals surface area contributed by atoms with Gasteiger partial charge in [0.2, 0.25) is 5.91 Å². The molecule has 2 amide bonds. The highest BCUT2D eigenvalue weighted by Gasteiger charge is 2.28. The molecule has 0 aliphatic heterocycles. The number of amides is 2. The summed E-state index contributed by atoms with van der Waals surface area (Å²) in [5.74, 6) is 0.474. The average molecular weight is 319 g/mol. The molecule has 6 nitrogen and oxygen atoms in total. The Hall–Kier alpha value is -2.15. The number of anilines is 1. The second-order valence-electron chi connectivity index (χ2n) is 5.45. The third-order valence-electron chi connectivity index (χ3n) is 3.58. The zero-order valence-electron chi connectivity index (χ0n) is 12.2. The highest BCUT2D eigenvalue weighted by Crippen LogP contribution is 2.32. The van der Waals surface area contributed by atoms with E-state index in [0.717, 1.165) is 0 Å². The molecule has 1 saturated carbocycles. The Balaban J connectivity index is 1.52. The largest absolute Gasteiger partial charge is 0.459 e. The van der Waals surface area contributed by atoms with Crippen LogP contribution in [0.1, 0.15) is 36.0 Å². The standard InChI is InChI=1S/C15H17N3O3S/c1-9(10-4-5-10)16-13(19)7-11-8-22-15(17-11)18-14(20)12-3-2-6-21-12/h2-3,6,8-10H,4-5,7H2,1H3,(H,16,19)(H,17,18,20). The van der Waals surface area contributed by atoms with Gasteiger partial charge in [0.25, 0.3) is 5.91 Å². The van der Waals surface area contributed by atoms with Gasteiger partial charge in [0, 0.05) is 11.4 Å². The van der Waals surface area contributed by atoms with Gasteiger partial charge < -0.3 is 9.73 Å². The summed E-state index contributed by atoms with van der Waals surface area (Å²) in [6.07, 6.45) is 4.06. The van der Waals surface area contributed by atoms with Crippen LogP contribution in [0.5, 0.6) is 0 Å². The van der Waals surface area contributed by atoms with Crippen LogP contribution in [0, 0.1) is 5.92 Å². The summed E-state index contributed by atoms with van der Waals surface area (Å²) in [6, 6.07) is 3.45. The molecule has 1 fully saturated rings. The lowest BCUT2D eigenvalue weighted by Crippen LogP contribution is -2.35. The second-order valence-corrected chi connectivity index (χ2v) is 6.30. The van der Waals surface area contributed by atoms with Gasteiger partial charge in [0.15, 0.2) is 10.9 Å². The van der Waals surface area contributed by atoms with Crippen molar-refractivity contribution in [3.63, 3.8) is 0 Å². The van der Waals surface area contributed by atoms with Crippen LogP contribution < -0.4 is 10.6 Å². The molecule has 2 aromatic rings. The SMILES string of the molecule is CC(NC(=O)Cc1csc(NC(=O)c2ccco2)n1)C1CC1. The number of hydrogen-bond acceptors (Lipinski definition) is 5. The minimum atomic E-state index is -0.349. The van der Waals surface area contributed by atoms with Gasteiger partial charge in [-0.15, -0.1) is 11.3 Å². The Labute approximate surface area is 131 Å². The van der Waals surface area contributed by atoms with Crippen LogP contribution in [-0.4, -0.2) is 22.8 Å². The van der Waals surface area contributed by atoms with Crippen LogP contribution in [0.2, 0.25) is 0 Å². The fourth-order valence-corrected chi connectivity index (χ4v) is 2.90. The number of nitrogens with zero attached hydrogens (tertiary/aromatic N) is 1.